The topological polar surface area (TPSA) is 89.1 Å². The normalized spacial score (nSPS) is 25.9. The summed E-state index contributed by atoms with van der Waals surface area (Å²) in [4.78, 5) is 12.5. The minimum absolute atomic E-state index is 0.255. The number of ether oxygens (including phenoxy) is 3. The van der Waals surface area contributed by atoms with E-state index in [1.165, 1.54) is 33.4 Å². The van der Waals surface area contributed by atoms with Crippen LogP contribution in [0, 0.1) is 5.82 Å². The Kier molecular flexibility index (Phi) is 5.97. The molecule has 0 unspecified atom stereocenters. The average molecular weight is 513 g/mol. The Morgan fingerprint density at radius 3 is 2.53 bits per heavy atom. The lowest BCUT2D eigenvalue weighted by Gasteiger charge is -2.41. The minimum Gasteiger partial charge on any atom is -0.496 e. The quantitative estimate of drug-likeness (QED) is 0.470. The first kappa shape index (κ1) is 24.2. The van der Waals surface area contributed by atoms with Crippen molar-refractivity contribution >= 4 is 17.6 Å². The molecule has 2 amide bonds. The van der Waals surface area contributed by atoms with E-state index in [9.17, 15) is 14.3 Å². The van der Waals surface area contributed by atoms with Gasteiger partial charge in [0, 0.05) is 30.1 Å². The maximum Gasteiger partial charge on any atom is 0.314 e. The molecule has 2 aliphatic rings. The maximum atomic E-state index is 14.4. The van der Waals surface area contributed by atoms with Crippen molar-refractivity contribution in [3.63, 3.8) is 0 Å². The molecule has 0 radical (unpaired) electrons. The van der Waals surface area contributed by atoms with Crippen molar-refractivity contribution in [2.75, 3.05) is 21.3 Å². The lowest BCUT2D eigenvalue weighted by Crippen LogP contribution is -2.57. The highest BCUT2D eigenvalue weighted by Crippen LogP contribution is 2.68. The average Bonchev–Trinajstić information content (AvgIpc) is 3.29. The van der Waals surface area contributed by atoms with Crippen molar-refractivity contribution in [3.05, 3.63) is 88.2 Å². The number of aliphatic hydroxyl groups is 1. The second-order valence-corrected chi connectivity index (χ2v) is 9.37. The highest BCUT2D eigenvalue weighted by Gasteiger charge is 2.74. The molecular weight excluding hydrogens is 487 g/mol. The largest absolute Gasteiger partial charge is 0.496 e. The number of hydrogen-bond donors (Lipinski definition) is 3. The van der Waals surface area contributed by atoms with Gasteiger partial charge in [0.05, 0.1) is 25.8 Å². The fraction of sp³-hybridized carbons (Fsp3) is 0.296. The molecule has 1 saturated carbocycles. The zero-order chi connectivity index (χ0) is 25.7. The summed E-state index contributed by atoms with van der Waals surface area (Å²) in [6, 6.07) is 15.2. The molecule has 1 fully saturated rings. The molecule has 9 heteroatoms. The number of amides is 2. The zero-order valence-corrected chi connectivity index (χ0v) is 20.7. The number of carbonyl (C=O) groups excluding carboxylic acids is 1. The molecule has 36 heavy (non-hydrogen) atoms. The molecule has 4 atom stereocenters. The number of urea groups is 1. The lowest BCUT2D eigenvalue weighted by atomic mass is 9.71. The number of carbonyl (C=O) groups is 1. The molecule has 0 saturated heterocycles. The third kappa shape index (κ3) is 3.39. The van der Waals surface area contributed by atoms with Gasteiger partial charge in [-0.3, -0.25) is 0 Å². The molecule has 1 aliphatic heterocycles. The van der Waals surface area contributed by atoms with Crippen LogP contribution in [0.4, 0.5) is 9.18 Å². The summed E-state index contributed by atoms with van der Waals surface area (Å²) in [6.07, 6.45) is 0.255. The molecule has 7 nitrogen and oxygen atoms in total. The Bertz CT molecular complexity index is 1320. The Morgan fingerprint density at radius 1 is 1.14 bits per heavy atom. The van der Waals surface area contributed by atoms with Crippen molar-refractivity contribution in [1.82, 2.24) is 10.6 Å². The number of methoxy groups -OCH3 is 2. The predicted molar refractivity (Wildman–Crippen MR) is 132 cm³/mol. The summed E-state index contributed by atoms with van der Waals surface area (Å²) in [5.74, 6) is 0.169. The van der Waals surface area contributed by atoms with E-state index in [4.69, 9.17) is 25.8 Å². The van der Waals surface area contributed by atoms with Gasteiger partial charge in [-0.1, -0.05) is 35.9 Å². The smallest absolute Gasteiger partial charge is 0.314 e. The van der Waals surface area contributed by atoms with Crippen molar-refractivity contribution in [2.24, 2.45) is 0 Å². The molecule has 0 bridgehead atoms. The third-order valence-corrected chi connectivity index (χ3v) is 7.49. The first-order valence-electron chi connectivity index (χ1n) is 11.5. The molecule has 188 valence electrons. The van der Waals surface area contributed by atoms with Crippen molar-refractivity contribution in [1.29, 1.82) is 0 Å². The van der Waals surface area contributed by atoms with Crippen LogP contribution in [-0.4, -0.2) is 38.4 Å². The fourth-order valence-electron chi connectivity index (χ4n) is 5.75. The van der Waals surface area contributed by atoms with Crippen LogP contribution < -0.4 is 24.8 Å². The number of hydrogen-bond acceptors (Lipinski definition) is 5. The van der Waals surface area contributed by atoms with E-state index in [2.05, 4.69) is 10.6 Å². The van der Waals surface area contributed by atoms with E-state index in [1.54, 1.807) is 48.5 Å². The molecule has 1 aliphatic carbocycles. The van der Waals surface area contributed by atoms with Crippen LogP contribution >= 0.6 is 11.6 Å². The van der Waals surface area contributed by atoms with Gasteiger partial charge in [0.25, 0.3) is 0 Å². The van der Waals surface area contributed by atoms with E-state index in [0.29, 0.717) is 39.0 Å². The molecule has 1 heterocycles. The van der Waals surface area contributed by atoms with Gasteiger partial charge in [0.15, 0.2) is 11.2 Å². The molecule has 5 rings (SSSR count). The van der Waals surface area contributed by atoms with Gasteiger partial charge in [0.1, 0.15) is 23.1 Å². The van der Waals surface area contributed by atoms with Crippen molar-refractivity contribution in [2.45, 2.75) is 29.6 Å². The van der Waals surface area contributed by atoms with Crippen LogP contribution in [0.3, 0.4) is 0 Å². The molecule has 0 spiro atoms. The van der Waals surface area contributed by atoms with Gasteiger partial charge in [0.2, 0.25) is 0 Å². The number of rotatable bonds is 5. The monoisotopic (exact) mass is 512 g/mol. The van der Waals surface area contributed by atoms with Crippen LogP contribution in [0.5, 0.6) is 17.2 Å². The Morgan fingerprint density at radius 2 is 1.89 bits per heavy atom. The summed E-state index contributed by atoms with van der Waals surface area (Å²) in [7, 11) is 4.50. The van der Waals surface area contributed by atoms with Crippen molar-refractivity contribution in [3.8, 4) is 17.2 Å². The van der Waals surface area contributed by atoms with Crippen LogP contribution in [0.25, 0.3) is 0 Å². The Hall–Kier alpha value is -3.49. The van der Waals surface area contributed by atoms with Gasteiger partial charge in [-0.2, -0.15) is 0 Å². The summed E-state index contributed by atoms with van der Waals surface area (Å²) in [6.45, 7) is 0. The van der Waals surface area contributed by atoms with Gasteiger partial charge in [-0.25, -0.2) is 9.18 Å². The van der Waals surface area contributed by atoms with Crippen molar-refractivity contribution < 1.29 is 28.5 Å². The number of halogens is 2. The SMILES string of the molecule is CNC(=O)N[C@H]1C[C@@H](c2cccc(F)c2)[C@]2(c3ccc(Cl)cc3)Oc3cc(OC)cc(OC)c3[C@]12O. The van der Waals surface area contributed by atoms with E-state index in [-0.39, 0.29) is 6.42 Å². The van der Waals surface area contributed by atoms with Gasteiger partial charge >= 0.3 is 6.03 Å². The van der Waals surface area contributed by atoms with Crippen LogP contribution in [-0.2, 0) is 11.2 Å². The summed E-state index contributed by atoms with van der Waals surface area (Å²) in [5, 5.41) is 18.8. The Labute approximate surface area is 213 Å². The maximum absolute atomic E-state index is 14.4. The summed E-state index contributed by atoms with van der Waals surface area (Å²) in [5.41, 5.74) is -1.66. The number of fused-ring (bicyclic) bond motifs is 3. The Balaban J connectivity index is 1.84. The molecular formula is C27H26ClFN2O5. The van der Waals surface area contributed by atoms with Gasteiger partial charge < -0.3 is 30.0 Å². The van der Waals surface area contributed by atoms with E-state index in [0.717, 1.165) is 0 Å². The number of nitrogens with one attached hydrogen (secondary N) is 2. The lowest BCUT2D eigenvalue weighted by molar-refractivity contribution is -0.116. The minimum atomic E-state index is -1.81. The third-order valence-electron chi connectivity index (χ3n) is 7.24. The molecule has 0 aromatic heterocycles. The molecule has 3 aromatic rings. The van der Waals surface area contributed by atoms with Gasteiger partial charge in [-0.05, 0) is 41.8 Å². The first-order valence-corrected chi connectivity index (χ1v) is 11.8. The van der Waals surface area contributed by atoms with E-state index >= 15 is 0 Å². The summed E-state index contributed by atoms with van der Waals surface area (Å²) >= 11 is 6.21. The molecule has 3 N–H and O–H groups in total. The summed E-state index contributed by atoms with van der Waals surface area (Å²) < 4.78 is 32.3. The number of benzene rings is 3. The standard InChI is InChI=1S/C27H26ClFN2O5/c1-30-25(32)31-23-14-20(15-5-4-6-18(29)11-15)27(16-7-9-17(28)10-8-16)26(23,33)24-21(35-3)12-19(34-2)13-22(24)36-27/h4-13,20,23,33H,14H2,1-3H3,(H2,30,31,32)/t20-,23-,26+,27-/m0/s1. The van der Waals surface area contributed by atoms with Crippen LogP contribution in [0.15, 0.2) is 60.7 Å². The van der Waals surface area contributed by atoms with Crippen LogP contribution in [0.1, 0.15) is 29.0 Å². The first-order chi connectivity index (χ1) is 17.3. The van der Waals surface area contributed by atoms with Gasteiger partial charge in [-0.15, -0.1) is 0 Å². The predicted octanol–water partition coefficient (Wildman–Crippen LogP) is 4.46. The fourth-order valence-corrected chi connectivity index (χ4v) is 5.87. The van der Waals surface area contributed by atoms with E-state index < -0.39 is 35.0 Å². The van der Waals surface area contributed by atoms with E-state index in [1.807, 2.05) is 0 Å². The second kappa shape index (κ2) is 8.87. The second-order valence-electron chi connectivity index (χ2n) is 8.93. The highest BCUT2D eigenvalue weighted by atomic mass is 35.5. The zero-order valence-electron chi connectivity index (χ0n) is 20.0. The molecule has 3 aromatic carbocycles. The highest BCUT2D eigenvalue weighted by molar-refractivity contribution is 6.30. The van der Waals surface area contributed by atoms with Crippen LogP contribution in [0.2, 0.25) is 5.02 Å².